The van der Waals surface area contributed by atoms with Gasteiger partial charge in [-0.15, -0.1) is 0 Å². The zero-order chi connectivity index (χ0) is 22.5. The van der Waals surface area contributed by atoms with E-state index in [1.807, 2.05) is 84.9 Å². The molecule has 0 heterocycles. The van der Waals surface area contributed by atoms with E-state index < -0.39 is 21.7 Å². The fourth-order valence-corrected chi connectivity index (χ4v) is 14.5. The van der Waals surface area contributed by atoms with E-state index in [-0.39, 0.29) is 0 Å². The molecule has 0 spiro atoms. The van der Waals surface area contributed by atoms with Crippen LogP contribution in [0.25, 0.3) is 0 Å². The second-order valence-corrected chi connectivity index (χ2v) is 16.4. The monoisotopic (exact) mass is 508 g/mol. The van der Waals surface area contributed by atoms with Crippen molar-refractivity contribution >= 4 is 50.8 Å². The van der Waals surface area contributed by atoms with Crippen LogP contribution in [0.3, 0.4) is 0 Å². The first-order chi connectivity index (χ1) is 16.3. The molecule has 0 radical (unpaired) electrons. The summed E-state index contributed by atoms with van der Waals surface area (Å²) in [6, 6.07) is 48.9. The Balaban J connectivity index is 1.80. The van der Waals surface area contributed by atoms with E-state index in [2.05, 4.69) is 60.7 Å². The van der Waals surface area contributed by atoms with Crippen LogP contribution in [0.4, 0.5) is 3.50 Å². The average Bonchev–Trinajstić information content (AvgIpc) is 2.91. The molecule has 0 bridgehead atoms. The van der Waals surface area contributed by atoms with Gasteiger partial charge in [-0.1, -0.05) is 0 Å². The van der Waals surface area contributed by atoms with Crippen molar-refractivity contribution in [2.24, 2.45) is 0 Å². The third-order valence-electron chi connectivity index (χ3n) is 5.89. The second-order valence-electron chi connectivity index (χ2n) is 7.91. The van der Waals surface area contributed by atoms with Crippen molar-refractivity contribution in [3.8, 4) is 0 Å². The molecule has 0 atom stereocenters. The minimum atomic E-state index is -4.42. The molecule has 0 aliphatic rings. The normalized spacial score (nSPS) is 11.5. The molecule has 0 aliphatic heterocycles. The first-order valence-corrected chi connectivity index (χ1v) is 16.4. The molecule has 160 valence electrons. The molecule has 0 fully saturated rings. The fraction of sp³-hybridized carbons (Fsp3) is 0. The molecule has 5 rings (SSSR count). The van der Waals surface area contributed by atoms with E-state index in [1.54, 1.807) is 0 Å². The summed E-state index contributed by atoms with van der Waals surface area (Å²) in [5.41, 5.74) is 0. The molecular formula is C30H24FGeP. The van der Waals surface area contributed by atoms with Crippen molar-refractivity contribution < 1.29 is 3.50 Å². The van der Waals surface area contributed by atoms with Crippen LogP contribution in [0, 0.1) is 0 Å². The van der Waals surface area contributed by atoms with Crippen LogP contribution in [0.2, 0.25) is 0 Å². The summed E-state index contributed by atoms with van der Waals surface area (Å²) in [7, 11) is -0.905. The topological polar surface area (TPSA) is 0 Å². The van der Waals surface area contributed by atoms with E-state index in [9.17, 15) is 0 Å². The quantitative estimate of drug-likeness (QED) is 0.237. The summed E-state index contributed by atoms with van der Waals surface area (Å²) < 4.78 is 20.4. The summed E-state index contributed by atoms with van der Waals surface area (Å²) in [5, 5.41) is 3.58. The predicted octanol–water partition coefficient (Wildman–Crippen LogP) is 4.38. The van der Waals surface area contributed by atoms with E-state index in [0.29, 0.717) is 0 Å². The van der Waals surface area contributed by atoms with E-state index in [4.69, 9.17) is 0 Å². The van der Waals surface area contributed by atoms with Crippen LogP contribution in [0.5, 0.6) is 0 Å². The van der Waals surface area contributed by atoms with Crippen molar-refractivity contribution in [3.05, 3.63) is 146 Å². The minimum absolute atomic E-state index is 0.826. The third-order valence-corrected chi connectivity index (χ3v) is 16.0. The molecular weight excluding hydrogens is 483 g/mol. The SMILES string of the molecule is [F][Ge]([c]1ccccc1)([c]1ccccc1)[c]1ccccc1P(c1ccccc1)c1ccccc1. The Kier molecular flexibility index (Phi) is 6.53. The van der Waals surface area contributed by atoms with E-state index in [1.165, 1.54) is 10.6 Å². The summed E-state index contributed by atoms with van der Waals surface area (Å²) in [4.78, 5) is 0. The van der Waals surface area contributed by atoms with Gasteiger partial charge in [-0.2, -0.15) is 0 Å². The standard InChI is InChI=1S/C30H24FGeP/c31-32(25-15-5-1-6-16-25,26-17-7-2-8-18-26)29-23-13-14-24-30(29)33(27-19-9-3-10-20-27)28-21-11-4-12-22-28/h1-24H. The van der Waals surface area contributed by atoms with Crippen molar-refractivity contribution in [1.82, 2.24) is 0 Å². The molecule has 0 unspecified atom stereocenters. The maximum absolute atomic E-state index is 17.8. The molecule has 0 amide bonds. The molecule has 0 saturated carbocycles. The Hall–Kier alpha value is -3.00. The van der Waals surface area contributed by atoms with Gasteiger partial charge in [0, 0.05) is 0 Å². The summed E-state index contributed by atoms with van der Waals surface area (Å²) in [6.07, 6.45) is 0. The van der Waals surface area contributed by atoms with E-state index in [0.717, 1.165) is 18.5 Å². The molecule has 5 aromatic carbocycles. The molecule has 5 aromatic rings. The summed E-state index contributed by atoms with van der Waals surface area (Å²) >= 11 is -4.42. The predicted molar refractivity (Wildman–Crippen MR) is 144 cm³/mol. The van der Waals surface area contributed by atoms with Gasteiger partial charge in [0.1, 0.15) is 0 Å². The van der Waals surface area contributed by atoms with Gasteiger partial charge >= 0.3 is 200 Å². The molecule has 0 aliphatic carbocycles. The molecule has 0 N–H and O–H groups in total. The Bertz CT molecular complexity index is 1230. The number of rotatable bonds is 6. The van der Waals surface area contributed by atoms with Crippen molar-refractivity contribution in [2.45, 2.75) is 0 Å². The summed E-state index contributed by atoms with van der Waals surface area (Å²) in [5.74, 6) is 0. The first-order valence-electron chi connectivity index (χ1n) is 11.1. The Labute approximate surface area is 199 Å². The zero-order valence-corrected chi connectivity index (χ0v) is 21.2. The number of hydrogen-bond donors (Lipinski definition) is 0. The van der Waals surface area contributed by atoms with E-state index >= 15 is 3.50 Å². The Morgan fingerprint density at radius 1 is 0.424 bits per heavy atom. The van der Waals surface area contributed by atoms with Crippen LogP contribution in [0.15, 0.2) is 146 Å². The Morgan fingerprint density at radius 3 is 1.24 bits per heavy atom. The number of hydrogen-bond acceptors (Lipinski definition) is 0. The molecule has 0 aromatic heterocycles. The van der Waals surface area contributed by atoms with Crippen molar-refractivity contribution in [1.29, 1.82) is 0 Å². The third kappa shape index (κ3) is 4.32. The van der Waals surface area contributed by atoms with Crippen molar-refractivity contribution in [3.63, 3.8) is 0 Å². The molecule has 3 heteroatoms. The van der Waals surface area contributed by atoms with Gasteiger partial charge < -0.3 is 0 Å². The van der Waals surface area contributed by atoms with Crippen LogP contribution in [-0.4, -0.2) is 13.7 Å². The van der Waals surface area contributed by atoms with Crippen molar-refractivity contribution in [2.75, 3.05) is 0 Å². The molecule has 0 saturated heterocycles. The van der Waals surface area contributed by atoms with Crippen LogP contribution in [0.1, 0.15) is 0 Å². The van der Waals surface area contributed by atoms with Gasteiger partial charge in [-0.25, -0.2) is 0 Å². The molecule has 0 nitrogen and oxygen atoms in total. The first kappa shape index (κ1) is 21.8. The van der Waals surface area contributed by atoms with Gasteiger partial charge in [0.2, 0.25) is 0 Å². The average molecular weight is 507 g/mol. The van der Waals surface area contributed by atoms with Crippen LogP contribution in [-0.2, 0) is 0 Å². The Morgan fingerprint density at radius 2 is 0.788 bits per heavy atom. The van der Waals surface area contributed by atoms with Crippen LogP contribution < -0.4 is 29.1 Å². The van der Waals surface area contributed by atoms with Crippen LogP contribution >= 0.6 is 7.92 Å². The summed E-state index contributed by atoms with van der Waals surface area (Å²) in [6.45, 7) is 0. The van der Waals surface area contributed by atoms with Gasteiger partial charge in [0.15, 0.2) is 0 Å². The maximum atomic E-state index is 17.8. The van der Waals surface area contributed by atoms with Gasteiger partial charge in [0.25, 0.3) is 0 Å². The second kappa shape index (κ2) is 9.87. The van der Waals surface area contributed by atoms with Gasteiger partial charge in [-0.05, 0) is 0 Å². The zero-order valence-electron chi connectivity index (χ0n) is 18.2. The fourth-order valence-electron chi connectivity index (χ4n) is 4.35. The number of halogens is 1. The number of benzene rings is 5. The molecule has 33 heavy (non-hydrogen) atoms. The van der Waals surface area contributed by atoms with Gasteiger partial charge in [-0.3, -0.25) is 0 Å². The van der Waals surface area contributed by atoms with Gasteiger partial charge in [0.05, 0.1) is 0 Å².